The second-order valence-electron chi connectivity index (χ2n) is 5.64. The summed E-state index contributed by atoms with van der Waals surface area (Å²) in [5.74, 6) is 0.222. The molecule has 1 atom stereocenters. The van der Waals surface area contributed by atoms with Crippen LogP contribution in [0.2, 0.25) is 0 Å². The molecule has 1 aromatic rings. The van der Waals surface area contributed by atoms with Crippen molar-refractivity contribution in [3.63, 3.8) is 0 Å². The van der Waals surface area contributed by atoms with Crippen molar-refractivity contribution in [3.8, 4) is 0 Å². The molecule has 0 spiro atoms. The summed E-state index contributed by atoms with van der Waals surface area (Å²) in [5, 5.41) is 4.28. The molecule has 0 amide bonds. The van der Waals surface area contributed by atoms with E-state index in [-0.39, 0.29) is 11.3 Å². The lowest BCUT2D eigenvalue weighted by Gasteiger charge is -2.36. The first-order valence-corrected chi connectivity index (χ1v) is 7.44. The number of hydrogen-bond donors (Lipinski definition) is 0. The van der Waals surface area contributed by atoms with E-state index in [0.29, 0.717) is 0 Å². The van der Waals surface area contributed by atoms with Gasteiger partial charge in [0, 0.05) is 12.7 Å². The van der Waals surface area contributed by atoms with Gasteiger partial charge in [-0.05, 0) is 45.7 Å². The largest absolute Gasteiger partial charge is 0.292 e. The van der Waals surface area contributed by atoms with Crippen LogP contribution < -0.4 is 0 Å². The average Bonchev–Trinajstić information content (AvgIpc) is 3.08. The number of carbonyl (C=O) groups is 1. The van der Waals surface area contributed by atoms with E-state index in [1.807, 2.05) is 10.9 Å². The van der Waals surface area contributed by atoms with Crippen molar-refractivity contribution in [1.29, 1.82) is 0 Å². The Hall–Kier alpha value is -1.16. The highest BCUT2D eigenvalue weighted by molar-refractivity contribution is 6.02. The highest BCUT2D eigenvalue weighted by Crippen LogP contribution is 2.28. The first-order valence-electron chi connectivity index (χ1n) is 7.44. The minimum Gasteiger partial charge on any atom is -0.292 e. The van der Waals surface area contributed by atoms with Gasteiger partial charge < -0.3 is 0 Å². The van der Waals surface area contributed by atoms with Crippen molar-refractivity contribution in [2.45, 2.75) is 58.5 Å². The maximum absolute atomic E-state index is 12.8. The summed E-state index contributed by atoms with van der Waals surface area (Å²) >= 11 is 0. The van der Waals surface area contributed by atoms with Crippen molar-refractivity contribution in [2.75, 3.05) is 13.1 Å². The summed E-state index contributed by atoms with van der Waals surface area (Å²) in [7, 11) is 0. The van der Waals surface area contributed by atoms with Gasteiger partial charge in [-0.25, -0.2) is 0 Å². The fourth-order valence-electron chi connectivity index (χ4n) is 2.88. The molecular weight excluding hydrogens is 238 g/mol. The van der Waals surface area contributed by atoms with Gasteiger partial charge in [-0.1, -0.05) is 13.8 Å². The Morgan fingerprint density at radius 1 is 1.37 bits per heavy atom. The average molecular weight is 263 g/mol. The minimum absolute atomic E-state index is 0.222. The van der Waals surface area contributed by atoms with Crippen LogP contribution in [0.3, 0.4) is 0 Å². The van der Waals surface area contributed by atoms with Crippen molar-refractivity contribution in [2.24, 2.45) is 0 Å². The maximum atomic E-state index is 12.8. The van der Waals surface area contributed by atoms with E-state index in [9.17, 15) is 4.79 Å². The van der Waals surface area contributed by atoms with Crippen LogP contribution in [0.4, 0.5) is 0 Å². The second-order valence-corrected chi connectivity index (χ2v) is 5.64. The van der Waals surface area contributed by atoms with Gasteiger partial charge in [0.2, 0.25) is 0 Å². The van der Waals surface area contributed by atoms with Gasteiger partial charge in [0.15, 0.2) is 5.78 Å². The normalized spacial score (nSPS) is 19.5. The number of ketones is 1. The molecule has 0 bridgehead atoms. The summed E-state index contributed by atoms with van der Waals surface area (Å²) in [4.78, 5) is 15.1. The van der Waals surface area contributed by atoms with Crippen LogP contribution in [0.25, 0.3) is 0 Å². The molecule has 1 unspecified atom stereocenters. The summed E-state index contributed by atoms with van der Waals surface area (Å²) < 4.78 is 1.87. The molecule has 19 heavy (non-hydrogen) atoms. The standard InChI is InChI=1S/C15H25N3O/c1-4-8-18-12-13(11-16-18)14(19)15(3,5-2)17-9-6-7-10-17/h11-12H,4-10H2,1-3H3. The highest BCUT2D eigenvalue weighted by atomic mass is 16.1. The van der Waals surface area contributed by atoms with Crippen molar-refractivity contribution in [1.82, 2.24) is 14.7 Å². The predicted octanol–water partition coefficient (Wildman–Crippen LogP) is 2.74. The molecule has 0 radical (unpaired) electrons. The van der Waals surface area contributed by atoms with E-state index in [0.717, 1.165) is 38.0 Å². The van der Waals surface area contributed by atoms with Crippen molar-refractivity contribution >= 4 is 5.78 Å². The molecule has 1 aromatic heterocycles. The molecule has 106 valence electrons. The number of nitrogens with zero attached hydrogens (tertiary/aromatic N) is 3. The van der Waals surface area contributed by atoms with Gasteiger partial charge >= 0.3 is 0 Å². The maximum Gasteiger partial charge on any atom is 0.185 e. The van der Waals surface area contributed by atoms with Crippen LogP contribution in [-0.2, 0) is 6.54 Å². The molecule has 0 N–H and O–H groups in total. The number of hydrogen-bond acceptors (Lipinski definition) is 3. The van der Waals surface area contributed by atoms with Gasteiger partial charge in [0.1, 0.15) is 0 Å². The van der Waals surface area contributed by atoms with Crippen LogP contribution >= 0.6 is 0 Å². The summed E-state index contributed by atoms with van der Waals surface area (Å²) in [6.45, 7) is 9.26. The van der Waals surface area contributed by atoms with Crippen molar-refractivity contribution < 1.29 is 4.79 Å². The fraction of sp³-hybridized carbons (Fsp3) is 0.733. The molecule has 2 rings (SSSR count). The quantitative estimate of drug-likeness (QED) is 0.741. The number of aryl methyl sites for hydroxylation is 1. The Balaban J connectivity index is 2.19. The molecule has 1 aliphatic heterocycles. The SMILES string of the molecule is CCCn1cc(C(=O)C(C)(CC)N2CCCC2)cn1. The van der Waals surface area contributed by atoms with Crippen molar-refractivity contribution in [3.05, 3.63) is 18.0 Å². The molecule has 1 fully saturated rings. The third kappa shape index (κ3) is 2.73. The highest BCUT2D eigenvalue weighted by Gasteiger charge is 2.39. The first-order chi connectivity index (χ1) is 9.11. The lowest BCUT2D eigenvalue weighted by Crippen LogP contribution is -2.50. The Kier molecular flexibility index (Phi) is 4.40. The number of carbonyl (C=O) groups excluding carboxylic acids is 1. The fourth-order valence-corrected chi connectivity index (χ4v) is 2.88. The Labute approximate surface area is 115 Å². The number of Topliss-reactive ketones (excluding diaryl/α,β-unsaturated/α-hetero) is 1. The van der Waals surface area contributed by atoms with E-state index in [1.54, 1.807) is 6.20 Å². The Bertz CT molecular complexity index is 434. The zero-order valence-corrected chi connectivity index (χ0v) is 12.4. The van der Waals surface area contributed by atoms with Crippen LogP contribution in [0.1, 0.15) is 56.8 Å². The van der Waals surface area contributed by atoms with Gasteiger partial charge in [-0.3, -0.25) is 14.4 Å². The van der Waals surface area contributed by atoms with E-state index in [2.05, 4.69) is 30.8 Å². The summed E-state index contributed by atoms with van der Waals surface area (Å²) in [5.41, 5.74) is 0.390. The number of rotatable bonds is 6. The number of aromatic nitrogens is 2. The summed E-state index contributed by atoms with van der Waals surface area (Å²) in [6, 6.07) is 0. The topological polar surface area (TPSA) is 38.1 Å². The van der Waals surface area contributed by atoms with E-state index >= 15 is 0 Å². The van der Waals surface area contributed by atoms with Crippen LogP contribution in [0, 0.1) is 0 Å². The smallest absolute Gasteiger partial charge is 0.185 e. The number of likely N-dealkylation sites (tertiary alicyclic amines) is 1. The molecule has 0 aliphatic carbocycles. The van der Waals surface area contributed by atoms with Crippen LogP contribution in [0.15, 0.2) is 12.4 Å². The lowest BCUT2D eigenvalue weighted by molar-refractivity contribution is 0.0647. The van der Waals surface area contributed by atoms with Gasteiger partial charge in [-0.2, -0.15) is 5.10 Å². The molecule has 4 heteroatoms. The third-order valence-corrected chi connectivity index (χ3v) is 4.33. The molecule has 0 aromatic carbocycles. The zero-order valence-electron chi connectivity index (χ0n) is 12.4. The molecule has 2 heterocycles. The van der Waals surface area contributed by atoms with Gasteiger partial charge in [0.25, 0.3) is 0 Å². The van der Waals surface area contributed by atoms with Gasteiger partial charge in [-0.15, -0.1) is 0 Å². The molecule has 1 aliphatic rings. The monoisotopic (exact) mass is 263 g/mol. The van der Waals surface area contributed by atoms with E-state index in [1.165, 1.54) is 12.8 Å². The molecule has 4 nitrogen and oxygen atoms in total. The predicted molar refractivity (Wildman–Crippen MR) is 76.4 cm³/mol. The minimum atomic E-state index is -0.365. The zero-order chi connectivity index (χ0) is 13.9. The van der Waals surface area contributed by atoms with Crippen LogP contribution in [-0.4, -0.2) is 39.1 Å². The van der Waals surface area contributed by atoms with E-state index in [4.69, 9.17) is 0 Å². The Morgan fingerprint density at radius 2 is 2.05 bits per heavy atom. The van der Waals surface area contributed by atoms with Crippen LogP contribution in [0.5, 0.6) is 0 Å². The summed E-state index contributed by atoms with van der Waals surface area (Å²) in [6.07, 6.45) is 7.92. The molecular formula is C15H25N3O. The van der Waals surface area contributed by atoms with Gasteiger partial charge in [0.05, 0.1) is 17.3 Å². The lowest BCUT2D eigenvalue weighted by atomic mass is 9.88. The third-order valence-electron chi connectivity index (χ3n) is 4.33. The molecule has 0 saturated carbocycles. The van der Waals surface area contributed by atoms with E-state index < -0.39 is 0 Å². The second kappa shape index (κ2) is 5.87. The Morgan fingerprint density at radius 3 is 2.63 bits per heavy atom. The molecule has 1 saturated heterocycles. The first kappa shape index (κ1) is 14.3.